The van der Waals surface area contributed by atoms with Crippen molar-refractivity contribution in [2.24, 2.45) is 0 Å². The van der Waals surface area contributed by atoms with Crippen LogP contribution in [0.3, 0.4) is 0 Å². The Hall–Kier alpha value is -1.75. The van der Waals surface area contributed by atoms with Gasteiger partial charge in [-0.3, -0.25) is 4.79 Å². The molecule has 20 heavy (non-hydrogen) atoms. The molecule has 3 nitrogen and oxygen atoms in total. The number of rotatable bonds is 3. The number of nitrogens with one attached hydrogen (secondary N) is 1. The molecular formula is C15H16FNO2S. The lowest BCUT2D eigenvalue weighted by molar-refractivity contribution is 0.0939. The van der Waals surface area contributed by atoms with Gasteiger partial charge in [-0.25, -0.2) is 4.39 Å². The Labute approximate surface area is 122 Å². The smallest absolute Gasteiger partial charge is 0.251 e. The Balaban J connectivity index is 2.15. The maximum absolute atomic E-state index is 13.1. The van der Waals surface area contributed by atoms with E-state index in [0.29, 0.717) is 5.56 Å². The Morgan fingerprint density at radius 3 is 2.60 bits per heavy atom. The molecule has 1 amide bonds. The van der Waals surface area contributed by atoms with Crippen LogP contribution < -0.4 is 5.32 Å². The van der Waals surface area contributed by atoms with Crippen molar-refractivity contribution >= 4 is 18.5 Å². The molecule has 0 aliphatic rings. The van der Waals surface area contributed by atoms with Crippen molar-refractivity contribution in [2.45, 2.75) is 31.7 Å². The van der Waals surface area contributed by atoms with Gasteiger partial charge in [0.25, 0.3) is 5.91 Å². The number of furan rings is 1. The van der Waals surface area contributed by atoms with E-state index in [4.69, 9.17) is 4.42 Å². The van der Waals surface area contributed by atoms with Crippen LogP contribution in [0.4, 0.5) is 4.39 Å². The first-order chi connectivity index (χ1) is 9.38. The topological polar surface area (TPSA) is 42.2 Å². The van der Waals surface area contributed by atoms with Crippen molar-refractivity contribution in [2.75, 3.05) is 0 Å². The summed E-state index contributed by atoms with van der Waals surface area (Å²) in [6, 6.07) is 5.79. The number of thiol groups is 1. The molecule has 0 bridgehead atoms. The molecule has 1 unspecified atom stereocenters. The quantitative estimate of drug-likeness (QED) is 0.845. The van der Waals surface area contributed by atoms with Gasteiger partial charge in [-0.15, -0.1) is 12.6 Å². The van der Waals surface area contributed by atoms with Crippen LogP contribution in [0.5, 0.6) is 0 Å². The average Bonchev–Trinajstić information content (AvgIpc) is 2.71. The molecule has 1 heterocycles. The minimum Gasteiger partial charge on any atom is -0.466 e. The molecule has 0 saturated carbocycles. The number of aryl methyl sites for hydroxylation is 2. The summed E-state index contributed by atoms with van der Waals surface area (Å²) in [6.45, 7) is 5.59. The van der Waals surface area contributed by atoms with Crippen molar-refractivity contribution in [3.05, 3.63) is 52.7 Å². The summed E-state index contributed by atoms with van der Waals surface area (Å²) in [7, 11) is 0. The van der Waals surface area contributed by atoms with E-state index < -0.39 is 5.82 Å². The molecule has 2 rings (SSSR count). The monoisotopic (exact) mass is 293 g/mol. The Morgan fingerprint density at radius 1 is 1.35 bits per heavy atom. The van der Waals surface area contributed by atoms with Crippen LogP contribution in [0.25, 0.3) is 0 Å². The van der Waals surface area contributed by atoms with E-state index in [1.165, 1.54) is 18.2 Å². The molecule has 0 aliphatic carbocycles. The third-order valence-electron chi connectivity index (χ3n) is 3.10. The number of hydrogen-bond acceptors (Lipinski definition) is 3. The summed E-state index contributed by atoms with van der Waals surface area (Å²) in [4.78, 5) is 12.3. The fraction of sp³-hybridized carbons (Fsp3) is 0.267. The van der Waals surface area contributed by atoms with Crippen molar-refractivity contribution in [3.63, 3.8) is 0 Å². The van der Waals surface area contributed by atoms with Gasteiger partial charge in [-0.2, -0.15) is 0 Å². The van der Waals surface area contributed by atoms with Crippen molar-refractivity contribution < 1.29 is 13.6 Å². The zero-order chi connectivity index (χ0) is 14.9. The predicted octanol–water partition coefficient (Wildman–Crippen LogP) is 3.82. The SMILES string of the molecule is Cc1cc(C(C)NC(=O)c2ccc(F)c(S)c2)c(C)o1. The Bertz CT molecular complexity index is 651. The van der Waals surface area contributed by atoms with Gasteiger partial charge in [-0.1, -0.05) is 0 Å². The highest BCUT2D eigenvalue weighted by Gasteiger charge is 2.16. The van der Waals surface area contributed by atoms with Crippen molar-refractivity contribution in [1.29, 1.82) is 0 Å². The fourth-order valence-electron chi connectivity index (χ4n) is 2.09. The van der Waals surface area contributed by atoms with E-state index in [2.05, 4.69) is 17.9 Å². The molecule has 0 radical (unpaired) electrons. The number of hydrogen-bond donors (Lipinski definition) is 2. The van der Waals surface area contributed by atoms with Gasteiger partial charge in [0, 0.05) is 16.0 Å². The van der Waals surface area contributed by atoms with E-state index in [0.717, 1.165) is 17.1 Å². The van der Waals surface area contributed by atoms with Gasteiger partial charge in [0.15, 0.2) is 0 Å². The molecule has 0 saturated heterocycles. The summed E-state index contributed by atoms with van der Waals surface area (Å²) in [5, 5.41) is 2.86. The van der Waals surface area contributed by atoms with Crippen molar-refractivity contribution in [3.8, 4) is 0 Å². The zero-order valence-corrected chi connectivity index (χ0v) is 12.4. The molecule has 0 aliphatic heterocycles. The van der Waals surface area contributed by atoms with E-state index in [1.54, 1.807) is 0 Å². The third kappa shape index (κ3) is 3.04. The minimum atomic E-state index is -0.445. The molecule has 1 atom stereocenters. The van der Waals surface area contributed by atoms with Crippen LogP contribution in [-0.4, -0.2) is 5.91 Å². The highest BCUT2D eigenvalue weighted by Crippen LogP contribution is 2.22. The highest BCUT2D eigenvalue weighted by molar-refractivity contribution is 7.80. The maximum Gasteiger partial charge on any atom is 0.251 e. The highest BCUT2D eigenvalue weighted by atomic mass is 32.1. The lowest BCUT2D eigenvalue weighted by Gasteiger charge is -2.13. The largest absolute Gasteiger partial charge is 0.466 e. The van der Waals surface area contributed by atoms with Gasteiger partial charge >= 0.3 is 0 Å². The second kappa shape index (κ2) is 5.71. The lowest BCUT2D eigenvalue weighted by Crippen LogP contribution is -2.26. The van der Waals surface area contributed by atoms with Crippen LogP contribution in [0.2, 0.25) is 0 Å². The van der Waals surface area contributed by atoms with E-state index >= 15 is 0 Å². The molecule has 0 fully saturated rings. The van der Waals surface area contributed by atoms with Gasteiger partial charge < -0.3 is 9.73 Å². The molecule has 106 valence electrons. The fourth-order valence-corrected chi connectivity index (χ4v) is 2.31. The number of benzene rings is 1. The average molecular weight is 293 g/mol. The molecule has 1 N–H and O–H groups in total. The van der Waals surface area contributed by atoms with E-state index in [-0.39, 0.29) is 16.8 Å². The van der Waals surface area contributed by atoms with Crippen LogP contribution in [0.15, 0.2) is 33.6 Å². The summed E-state index contributed by atoms with van der Waals surface area (Å²) in [5.74, 6) is 0.868. The lowest BCUT2D eigenvalue weighted by atomic mass is 10.1. The molecule has 2 aromatic rings. The summed E-state index contributed by atoms with van der Waals surface area (Å²) < 4.78 is 18.6. The molecule has 0 spiro atoms. The standard InChI is InChI=1S/C15H16FNO2S/c1-8-6-12(10(3)19-8)9(2)17-15(18)11-4-5-13(16)14(20)7-11/h4-7,9,20H,1-3H3,(H,17,18). The number of carbonyl (C=O) groups excluding carboxylic acids is 1. The zero-order valence-electron chi connectivity index (χ0n) is 11.5. The molecular weight excluding hydrogens is 277 g/mol. The first kappa shape index (κ1) is 14.7. The third-order valence-corrected chi connectivity index (χ3v) is 3.44. The van der Waals surface area contributed by atoms with E-state index in [1.807, 2.05) is 26.8 Å². The minimum absolute atomic E-state index is 0.153. The number of carbonyl (C=O) groups is 1. The normalized spacial score (nSPS) is 12.2. The van der Waals surface area contributed by atoms with Gasteiger partial charge in [0.1, 0.15) is 17.3 Å². The molecule has 5 heteroatoms. The van der Waals surface area contributed by atoms with Gasteiger partial charge in [0.2, 0.25) is 0 Å². The van der Waals surface area contributed by atoms with Crippen molar-refractivity contribution in [1.82, 2.24) is 5.32 Å². The van der Waals surface area contributed by atoms with Crippen LogP contribution >= 0.6 is 12.6 Å². The number of amides is 1. The van der Waals surface area contributed by atoms with Crippen LogP contribution in [0.1, 0.15) is 40.4 Å². The summed E-state index contributed by atoms with van der Waals surface area (Å²) >= 11 is 3.97. The predicted molar refractivity (Wildman–Crippen MR) is 77.7 cm³/mol. The summed E-state index contributed by atoms with van der Waals surface area (Å²) in [6.07, 6.45) is 0. The number of halogens is 1. The van der Waals surface area contributed by atoms with Crippen LogP contribution in [0, 0.1) is 19.7 Å². The Kier molecular flexibility index (Phi) is 4.18. The second-order valence-electron chi connectivity index (χ2n) is 4.73. The summed E-state index contributed by atoms with van der Waals surface area (Å²) in [5.41, 5.74) is 1.31. The molecule has 1 aromatic carbocycles. The first-order valence-electron chi connectivity index (χ1n) is 6.25. The molecule has 1 aromatic heterocycles. The maximum atomic E-state index is 13.1. The van der Waals surface area contributed by atoms with Gasteiger partial charge in [-0.05, 0) is 45.0 Å². The van der Waals surface area contributed by atoms with Gasteiger partial charge in [0.05, 0.1) is 6.04 Å². The Morgan fingerprint density at radius 2 is 2.05 bits per heavy atom. The van der Waals surface area contributed by atoms with E-state index in [9.17, 15) is 9.18 Å². The first-order valence-corrected chi connectivity index (χ1v) is 6.69. The second-order valence-corrected chi connectivity index (χ2v) is 5.21. The van der Waals surface area contributed by atoms with Crippen LogP contribution in [-0.2, 0) is 0 Å².